The van der Waals surface area contributed by atoms with Crippen molar-refractivity contribution in [1.29, 1.82) is 0 Å². The fraction of sp³-hybridized carbons (Fsp3) is 0.133. The van der Waals surface area contributed by atoms with Crippen molar-refractivity contribution < 1.29 is 9.15 Å². The summed E-state index contributed by atoms with van der Waals surface area (Å²) in [5, 5.41) is 0. The van der Waals surface area contributed by atoms with Crippen LogP contribution in [0.4, 0.5) is 0 Å². The van der Waals surface area contributed by atoms with E-state index in [4.69, 9.17) is 9.15 Å². The van der Waals surface area contributed by atoms with Crippen LogP contribution >= 0.6 is 31.9 Å². The maximum atomic E-state index is 11.2. The summed E-state index contributed by atoms with van der Waals surface area (Å²) >= 11 is 7.11. The average Bonchev–Trinajstić information content (AvgIpc) is 2.85. The first-order valence-corrected chi connectivity index (χ1v) is 7.89. The molecule has 0 bridgehead atoms. The standard InChI is InChI=1S/C15H11Br2NO3/c1-20-12-7-9(16)3-4-10(12)14(17)8-2-5-11-13(6-8)21-15(19)18-11/h2-7,14H,1H3,(H,18,19). The van der Waals surface area contributed by atoms with Gasteiger partial charge in [0.05, 0.1) is 17.5 Å². The predicted molar refractivity (Wildman–Crippen MR) is 88.3 cm³/mol. The summed E-state index contributed by atoms with van der Waals surface area (Å²) in [7, 11) is 1.64. The van der Waals surface area contributed by atoms with Crippen molar-refractivity contribution in [2.24, 2.45) is 0 Å². The van der Waals surface area contributed by atoms with E-state index in [9.17, 15) is 4.79 Å². The molecule has 108 valence electrons. The molecule has 4 nitrogen and oxygen atoms in total. The summed E-state index contributed by atoms with van der Waals surface area (Å²) in [6, 6.07) is 11.5. The molecule has 0 aliphatic carbocycles. The first kappa shape index (κ1) is 14.4. The number of alkyl halides is 1. The minimum Gasteiger partial charge on any atom is -0.496 e. The molecule has 0 radical (unpaired) electrons. The van der Waals surface area contributed by atoms with Gasteiger partial charge in [0.2, 0.25) is 0 Å². The number of halogens is 2. The number of ether oxygens (including phenoxy) is 1. The van der Waals surface area contributed by atoms with Crippen molar-refractivity contribution in [1.82, 2.24) is 4.98 Å². The Kier molecular flexibility index (Phi) is 3.91. The number of aromatic amines is 1. The third-order valence-electron chi connectivity index (χ3n) is 3.21. The summed E-state index contributed by atoms with van der Waals surface area (Å²) in [6.45, 7) is 0. The van der Waals surface area contributed by atoms with Crippen LogP contribution in [0.3, 0.4) is 0 Å². The van der Waals surface area contributed by atoms with Gasteiger partial charge in [-0.1, -0.05) is 44.0 Å². The van der Waals surface area contributed by atoms with E-state index >= 15 is 0 Å². The largest absolute Gasteiger partial charge is 0.496 e. The molecule has 0 amide bonds. The Hall–Kier alpha value is -1.53. The lowest BCUT2D eigenvalue weighted by Crippen LogP contribution is -1.97. The molecule has 1 unspecified atom stereocenters. The van der Waals surface area contributed by atoms with Crippen molar-refractivity contribution in [3.63, 3.8) is 0 Å². The number of H-pyrrole nitrogens is 1. The SMILES string of the molecule is COc1cc(Br)ccc1C(Br)c1ccc2[nH]c(=O)oc2c1. The van der Waals surface area contributed by atoms with Gasteiger partial charge < -0.3 is 9.15 Å². The van der Waals surface area contributed by atoms with Crippen LogP contribution in [0.2, 0.25) is 0 Å². The van der Waals surface area contributed by atoms with Gasteiger partial charge in [-0.05, 0) is 29.8 Å². The van der Waals surface area contributed by atoms with E-state index in [2.05, 4.69) is 36.8 Å². The van der Waals surface area contributed by atoms with Crippen LogP contribution in [0.25, 0.3) is 11.1 Å². The molecule has 1 heterocycles. The van der Waals surface area contributed by atoms with Crippen molar-refractivity contribution in [2.75, 3.05) is 7.11 Å². The monoisotopic (exact) mass is 411 g/mol. The Morgan fingerprint density at radius 3 is 2.81 bits per heavy atom. The first-order valence-electron chi connectivity index (χ1n) is 6.19. The minimum atomic E-state index is -0.450. The molecule has 21 heavy (non-hydrogen) atoms. The zero-order valence-corrected chi connectivity index (χ0v) is 14.2. The maximum absolute atomic E-state index is 11.2. The fourth-order valence-electron chi connectivity index (χ4n) is 2.19. The Labute approximate surface area is 137 Å². The summed E-state index contributed by atoms with van der Waals surface area (Å²) in [6.07, 6.45) is 0. The smallest absolute Gasteiger partial charge is 0.417 e. The van der Waals surface area contributed by atoms with Crippen LogP contribution in [0.15, 0.2) is 50.1 Å². The number of hydrogen-bond acceptors (Lipinski definition) is 3. The van der Waals surface area contributed by atoms with Gasteiger partial charge >= 0.3 is 5.76 Å². The van der Waals surface area contributed by atoms with Gasteiger partial charge in [0.15, 0.2) is 5.58 Å². The van der Waals surface area contributed by atoms with Gasteiger partial charge in [0, 0.05) is 10.0 Å². The van der Waals surface area contributed by atoms with Crippen molar-refractivity contribution in [2.45, 2.75) is 4.83 Å². The van der Waals surface area contributed by atoms with Crippen LogP contribution in [-0.2, 0) is 0 Å². The lowest BCUT2D eigenvalue weighted by atomic mass is 10.0. The number of hydrogen-bond donors (Lipinski definition) is 1. The molecular weight excluding hydrogens is 402 g/mol. The van der Waals surface area contributed by atoms with E-state index in [-0.39, 0.29) is 4.83 Å². The quantitative estimate of drug-likeness (QED) is 0.649. The highest BCUT2D eigenvalue weighted by atomic mass is 79.9. The van der Waals surface area contributed by atoms with E-state index in [0.717, 1.165) is 21.3 Å². The van der Waals surface area contributed by atoms with Crippen molar-refractivity contribution >= 4 is 43.0 Å². The predicted octanol–water partition coefficient (Wildman–Crippen LogP) is 4.38. The van der Waals surface area contributed by atoms with Crippen molar-refractivity contribution in [3.8, 4) is 5.75 Å². The van der Waals surface area contributed by atoms with Gasteiger partial charge in [-0.25, -0.2) is 4.79 Å². The number of aromatic nitrogens is 1. The van der Waals surface area contributed by atoms with Gasteiger partial charge in [-0.2, -0.15) is 0 Å². The summed E-state index contributed by atoms with van der Waals surface area (Å²) in [5.74, 6) is 0.330. The highest BCUT2D eigenvalue weighted by Crippen LogP contribution is 2.38. The Bertz CT molecular complexity index is 853. The fourth-order valence-corrected chi connectivity index (χ4v) is 3.20. The van der Waals surface area contributed by atoms with Crippen LogP contribution < -0.4 is 10.5 Å². The molecule has 3 rings (SSSR count). The normalized spacial score (nSPS) is 12.5. The number of fused-ring (bicyclic) bond motifs is 1. The number of nitrogens with one attached hydrogen (secondary N) is 1. The molecule has 0 fully saturated rings. The molecule has 0 spiro atoms. The first-order chi connectivity index (χ1) is 10.1. The van der Waals surface area contributed by atoms with Gasteiger partial charge in [0.1, 0.15) is 5.75 Å². The van der Waals surface area contributed by atoms with E-state index in [1.165, 1.54) is 0 Å². The average molecular weight is 413 g/mol. The Morgan fingerprint density at radius 2 is 2.05 bits per heavy atom. The van der Waals surface area contributed by atoms with Gasteiger partial charge in [-0.15, -0.1) is 0 Å². The summed E-state index contributed by atoms with van der Waals surface area (Å²) < 4.78 is 11.5. The molecule has 2 aromatic carbocycles. The lowest BCUT2D eigenvalue weighted by Gasteiger charge is -2.15. The van der Waals surface area contributed by atoms with Gasteiger partial charge in [-0.3, -0.25) is 4.98 Å². The Balaban J connectivity index is 2.07. The highest BCUT2D eigenvalue weighted by molar-refractivity contribution is 9.10. The van der Waals surface area contributed by atoms with Gasteiger partial charge in [0.25, 0.3) is 0 Å². The number of benzene rings is 2. The molecule has 0 aliphatic heterocycles. The van der Waals surface area contributed by atoms with Crippen molar-refractivity contribution in [3.05, 3.63) is 62.5 Å². The second-order valence-electron chi connectivity index (χ2n) is 4.52. The molecule has 1 atom stereocenters. The number of oxazole rings is 1. The summed E-state index contributed by atoms with van der Waals surface area (Å²) in [5.41, 5.74) is 3.20. The Morgan fingerprint density at radius 1 is 1.24 bits per heavy atom. The van der Waals surface area contributed by atoms with E-state index in [1.807, 2.05) is 36.4 Å². The second-order valence-corrected chi connectivity index (χ2v) is 6.35. The third-order valence-corrected chi connectivity index (χ3v) is 4.72. The topological polar surface area (TPSA) is 55.2 Å². The molecule has 0 aliphatic rings. The molecule has 6 heteroatoms. The third kappa shape index (κ3) is 2.78. The molecule has 3 aromatic rings. The van der Waals surface area contributed by atoms with Crippen LogP contribution in [0, 0.1) is 0 Å². The zero-order valence-electron chi connectivity index (χ0n) is 11.0. The van der Waals surface area contributed by atoms with E-state index < -0.39 is 5.76 Å². The molecule has 1 aromatic heterocycles. The highest BCUT2D eigenvalue weighted by Gasteiger charge is 2.16. The maximum Gasteiger partial charge on any atom is 0.417 e. The molecular formula is C15H11Br2NO3. The second kappa shape index (κ2) is 5.69. The lowest BCUT2D eigenvalue weighted by molar-refractivity contribution is 0.410. The number of rotatable bonds is 3. The van der Waals surface area contributed by atoms with Crippen LogP contribution in [0.1, 0.15) is 16.0 Å². The van der Waals surface area contributed by atoms with E-state index in [1.54, 1.807) is 7.11 Å². The summed E-state index contributed by atoms with van der Waals surface area (Å²) in [4.78, 5) is 13.8. The molecule has 1 N–H and O–H groups in total. The number of methoxy groups -OCH3 is 1. The van der Waals surface area contributed by atoms with Crippen LogP contribution in [-0.4, -0.2) is 12.1 Å². The molecule has 0 saturated heterocycles. The minimum absolute atomic E-state index is 0.0647. The van der Waals surface area contributed by atoms with Crippen LogP contribution in [0.5, 0.6) is 5.75 Å². The molecule has 0 saturated carbocycles. The van der Waals surface area contributed by atoms with E-state index in [0.29, 0.717) is 11.1 Å². The zero-order chi connectivity index (χ0) is 15.0.